The molecule has 0 unspecified atom stereocenters. The number of para-hydroxylation sites is 2. The molecule has 2 aromatic heterocycles. The van der Waals surface area contributed by atoms with Gasteiger partial charge < -0.3 is 20.1 Å². The molecule has 1 amide bonds. The number of halogens is 1. The number of hydrogen-bond acceptors (Lipinski definition) is 3. The minimum absolute atomic E-state index is 0.154. The number of amides is 1. The Labute approximate surface area is 208 Å². The zero-order chi connectivity index (χ0) is 24.2. The maximum Gasteiger partial charge on any atom is 0.226 e. The summed E-state index contributed by atoms with van der Waals surface area (Å²) in [6, 6.07) is 23.7. The number of anilines is 1. The van der Waals surface area contributed by atoms with Gasteiger partial charge in [-0.1, -0.05) is 36.4 Å². The maximum atomic E-state index is 14.0. The van der Waals surface area contributed by atoms with Crippen LogP contribution in [0.15, 0.2) is 97.5 Å². The Hall–Kier alpha value is -4.04. The number of carbonyl (C=O) groups excluding carboxylic acids is 1. The van der Waals surface area contributed by atoms with Gasteiger partial charge in [0, 0.05) is 37.2 Å². The van der Waals surface area contributed by atoms with E-state index in [0.717, 1.165) is 16.9 Å². The predicted molar refractivity (Wildman–Crippen MR) is 138 cm³/mol. The lowest BCUT2D eigenvalue weighted by atomic mass is 9.99. The number of nitrogens with one attached hydrogen (secondary N) is 2. The fourth-order valence-corrected chi connectivity index (χ4v) is 4.69. The van der Waals surface area contributed by atoms with Crippen LogP contribution in [-0.2, 0) is 4.79 Å². The third kappa shape index (κ3) is 4.93. The Morgan fingerprint density at radius 3 is 2.57 bits per heavy atom. The quantitative estimate of drug-likeness (QED) is 0.360. The number of carbonyl (C=O) groups is 1. The lowest BCUT2D eigenvalue weighted by Crippen LogP contribution is -2.32. The van der Waals surface area contributed by atoms with E-state index in [4.69, 9.17) is 12.2 Å². The molecule has 2 N–H and O–H groups in total. The van der Waals surface area contributed by atoms with Crippen molar-refractivity contribution in [2.45, 2.75) is 18.5 Å². The van der Waals surface area contributed by atoms with E-state index in [2.05, 4.69) is 32.4 Å². The highest BCUT2D eigenvalue weighted by Crippen LogP contribution is 2.39. The van der Waals surface area contributed by atoms with Gasteiger partial charge in [0.25, 0.3) is 0 Å². The molecule has 2 atom stereocenters. The number of pyridine rings is 1. The van der Waals surface area contributed by atoms with Gasteiger partial charge in [0.15, 0.2) is 5.11 Å². The summed E-state index contributed by atoms with van der Waals surface area (Å²) in [6.45, 7) is 0.372. The summed E-state index contributed by atoms with van der Waals surface area (Å²) < 4.78 is 16.0. The molecule has 5 rings (SSSR count). The Morgan fingerprint density at radius 2 is 1.80 bits per heavy atom. The largest absolute Gasteiger partial charge is 0.352 e. The van der Waals surface area contributed by atoms with Crippen molar-refractivity contribution in [2.24, 2.45) is 0 Å². The first kappa shape index (κ1) is 22.7. The molecule has 2 aromatic carbocycles. The first-order valence-corrected chi connectivity index (χ1v) is 11.8. The van der Waals surface area contributed by atoms with E-state index in [-0.39, 0.29) is 30.1 Å². The highest BCUT2D eigenvalue weighted by molar-refractivity contribution is 7.80. The maximum absolute atomic E-state index is 14.0. The van der Waals surface area contributed by atoms with Crippen LogP contribution in [-0.4, -0.2) is 32.0 Å². The van der Waals surface area contributed by atoms with Gasteiger partial charge in [-0.3, -0.25) is 9.78 Å². The molecule has 0 spiro atoms. The molecule has 1 aliphatic rings. The molecule has 0 saturated carbocycles. The molecule has 6 nitrogen and oxygen atoms in total. The van der Waals surface area contributed by atoms with Gasteiger partial charge >= 0.3 is 0 Å². The molecule has 35 heavy (non-hydrogen) atoms. The Bertz CT molecular complexity index is 1330. The minimum Gasteiger partial charge on any atom is -0.352 e. The van der Waals surface area contributed by atoms with Crippen molar-refractivity contribution in [1.29, 1.82) is 0 Å². The van der Waals surface area contributed by atoms with Crippen molar-refractivity contribution in [3.63, 3.8) is 0 Å². The molecule has 1 aliphatic heterocycles. The Balaban J connectivity index is 1.39. The third-order valence-corrected chi connectivity index (χ3v) is 6.39. The van der Waals surface area contributed by atoms with Crippen LogP contribution in [0.2, 0.25) is 0 Å². The average Bonchev–Trinajstić information content (AvgIpc) is 3.50. The number of aromatic nitrogens is 2. The molecule has 0 bridgehead atoms. The molecule has 1 saturated heterocycles. The standard InChI is InChI=1S/C27H24FN5OS/c28-21-10-4-5-11-22(21)30-24(34)14-17-33-26(25(31-27(33)35)23-12-6-7-15-29-23)19-13-16-32(18-19)20-8-2-1-3-9-20/h1-13,15-16,18,25-26H,14,17H2,(H,30,34)(H,31,35)/t25-,26+/m0/s1. The van der Waals surface area contributed by atoms with Crippen LogP contribution in [0, 0.1) is 5.82 Å². The lowest BCUT2D eigenvalue weighted by molar-refractivity contribution is -0.116. The van der Waals surface area contributed by atoms with Gasteiger partial charge in [0.2, 0.25) is 5.91 Å². The van der Waals surface area contributed by atoms with Crippen molar-refractivity contribution >= 4 is 28.9 Å². The molecule has 4 aromatic rings. The van der Waals surface area contributed by atoms with Crippen LogP contribution in [0.1, 0.15) is 29.8 Å². The zero-order valence-corrected chi connectivity index (χ0v) is 19.7. The van der Waals surface area contributed by atoms with Crippen molar-refractivity contribution in [1.82, 2.24) is 19.8 Å². The number of hydrogen-bond donors (Lipinski definition) is 2. The lowest BCUT2D eigenvalue weighted by Gasteiger charge is -2.27. The minimum atomic E-state index is -0.463. The van der Waals surface area contributed by atoms with Crippen molar-refractivity contribution in [3.8, 4) is 5.69 Å². The van der Waals surface area contributed by atoms with E-state index in [0.29, 0.717) is 11.7 Å². The van der Waals surface area contributed by atoms with Gasteiger partial charge in [0.1, 0.15) is 5.82 Å². The molecule has 0 radical (unpaired) electrons. The van der Waals surface area contributed by atoms with E-state index >= 15 is 0 Å². The fraction of sp³-hybridized carbons (Fsp3) is 0.148. The van der Waals surface area contributed by atoms with Crippen LogP contribution >= 0.6 is 12.2 Å². The van der Waals surface area contributed by atoms with E-state index in [1.165, 1.54) is 6.07 Å². The summed E-state index contributed by atoms with van der Waals surface area (Å²) >= 11 is 5.69. The summed E-state index contributed by atoms with van der Waals surface area (Å²) in [6.07, 6.45) is 6.01. The summed E-state index contributed by atoms with van der Waals surface area (Å²) in [4.78, 5) is 19.2. The van der Waals surface area contributed by atoms with Gasteiger partial charge in [-0.05, 0) is 60.2 Å². The fourth-order valence-electron chi connectivity index (χ4n) is 4.36. The van der Waals surface area contributed by atoms with E-state index in [1.807, 2.05) is 59.6 Å². The Kier molecular flexibility index (Phi) is 6.54. The second-order valence-corrected chi connectivity index (χ2v) is 8.67. The normalized spacial score (nSPS) is 17.3. The smallest absolute Gasteiger partial charge is 0.226 e. The highest BCUT2D eigenvalue weighted by Gasteiger charge is 2.40. The van der Waals surface area contributed by atoms with Crippen LogP contribution in [0.25, 0.3) is 5.69 Å². The van der Waals surface area contributed by atoms with E-state index < -0.39 is 5.82 Å². The summed E-state index contributed by atoms with van der Waals surface area (Å²) in [5, 5.41) is 6.60. The molecule has 176 valence electrons. The van der Waals surface area contributed by atoms with Gasteiger partial charge in [-0.15, -0.1) is 0 Å². The van der Waals surface area contributed by atoms with Crippen molar-refractivity contribution < 1.29 is 9.18 Å². The van der Waals surface area contributed by atoms with E-state index in [9.17, 15) is 9.18 Å². The second kappa shape index (κ2) is 10.1. The summed E-state index contributed by atoms with van der Waals surface area (Å²) in [5.74, 6) is -0.741. The topological polar surface area (TPSA) is 62.2 Å². The first-order chi connectivity index (χ1) is 17.1. The summed E-state index contributed by atoms with van der Waals surface area (Å²) in [5.41, 5.74) is 3.14. The predicted octanol–water partition coefficient (Wildman–Crippen LogP) is 5.01. The SMILES string of the molecule is O=C(CCN1C(=S)N[C@@H](c2ccccn2)[C@H]1c1ccn(-c2ccccc2)c1)Nc1ccccc1F. The molecule has 3 heterocycles. The molecule has 0 aliphatic carbocycles. The molecular weight excluding hydrogens is 461 g/mol. The Morgan fingerprint density at radius 1 is 1.03 bits per heavy atom. The average molecular weight is 486 g/mol. The van der Waals surface area contributed by atoms with Crippen molar-refractivity contribution in [2.75, 3.05) is 11.9 Å². The number of thiocarbonyl (C=S) groups is 1. The molecule has 1 fully saturated rings. The molecular formula is C27H24FN5OS. The number of rotatable bonds is 7. The van der Waals surface area contributed by atoms with Crippen molar-refractivity contribution in [3.05, 3.63) is 115 Å². The van der Waals surface area contributed by atoms with Gasteiger partial charge in [0.05, 0.1) is 23.5 Å². The van der Waals surface area contributed by atoms with Crippen LogP contribution in [0.5, 0.6) is 0 Å². The van der Waals surface area contributed by atoms with Crippen LogP contribution < -0.4 is 10.6 Å². The second-order valence-electron chi connectivity index (χ2n) is 8.29. The van der Waals surface area contributed by atoms with Gasteiger partial charge in [-0.25, -0.2) is 4.39 Å². The summed E-state index contributed by atoms with van der Waals surface area (Å²) in [7, 11) is 0. The number of benzene rings is 2. The third-order valence-electron chi connectivity index (χ3n) is 6.04. The highest BCUT2D eigenvalue weighted by atomic mass is 32.1. The van der Waals surface area contributed by atoms with Crippen LogP contribution in [0.3, 0.4) is 0 Å². The zero-order valence-electron chi connectivity index (χ0n) is 18.8. The first-order valence-electron chi connectivity index (χ1n) is 11.4. The molecule has 8 heteroatoms. The van der Waals surface area contributed by atoms with E-state index in [1.54, 1.807) is 24.4 Å². The van der Waals surface area contributed by atoms with Gasteiger partial charge in [-0.2, -0.15) is 0 Å². The monoisotopic (exact) mass is 485 g/mol. The number of nitrogens with zero attached hydrogens (tertiary/aromatic N) is 3. The van der Waals surface area contributed by atoms with Crippen LogP contribution in [0.4, 0.5) is 10.1 Å².